The molecule has 0 saturated heterocycles. The largest absolute Gasteiger partial charge is 0.303 e. The second-order valence-corrected chi connectivity index (χ2v) is 6.34. The molecule has 0 spiro atoms. The summed E-state index contributed by atoms with van der Waals surface area (Å²) in [7, 11) is 0. The first kappa shape index (κ1) is 21.6. The van der Waals surface area contributed by atoms with E-state index in [2.05, 4.69) is 0 Å². The van der Waals surface area contributed by atoms with Crippen LogP contribution in [-0.2, 0) is 9.59 Å². The molecule has 0 aliphatic heterocycles. The second kappa shape index (κ2) is 11.2. The predicted octanol–water partition coefficient (Wildman–Crippen LogP) is 4.70. The summed E-state index contributed by atoms with van der Waals surface area (Å²) in [6.07, 6.45) is 0.597. The van der Waals surface area contributed by atoms with Gasteiger partial charge in [0.05, 0.1) is 6.42 Å². The second-order valence-electron chi connectivity index (χ2n) is 6.34. The lowest BCUT2D eigenvalue weighted by Crippen LogP contribution is -2.19. The number of hydrogen-bond donors (Lipinski definition) is 0. The van der Waals surface area contributed by atoms with Crippen molar-refractivity contribution in [3.63, 3.8) is 0 Å². The number of ketones is 3. The molecular weight excluding hydrogens is 364 g/mol. The van der Waals surface area contributed by atoms with Crippen LogP contribution in [0.4, 0.5) is 0 Å². The van der Waals surface area contributed by atoms with E-state index in [9.17, 15) is 19.2 Å². The van der Waals surface area contributed by atoms with Crippen LogP contribution in [0.1, 0.15) is 45.5 Å². The molecule has 3 aromatic carbocycles. The summed E-state index contributed by atoms with van der Waals surface area (Å²) in [5.41, 5.74) is 1.92. The van der Waals surface area contributed by atoms with E-state index in [1.165, 1.54) is 6.92 Å². The highest BCUT2D eigenvalue weighted by atomic mass is 16.2. The molecule has 0 aliphatic rings. The fourth-order valence-electron chi connectivity index (χ4n) is 2.80. The highest BCUT2D eigenvalue weighted by Crippen LogP contribution is 2.21. The molecule has 29 heavy (non-hydrogen) atoms. The van der Waals surface area contributed by atoms with E-state index in [1.54, 1.807) is 48.5 Å². The maximum atomic E-state index is 12.4. The number of carbonyl (C=O) groups is 4. The maximum Gasteiger partial charge on any atom is 0.177 e. The molecule has 0 fully saturated rings. The van der Waals surface area contributed by atoms with E-state index in [-0.39, 0.29) is 23.8 Å². The first-order valence-electron chi connectivity index (χ1n) is 9.21. The molecule has 0 N–H and O–H groups in total. The van der Waals surface area contributed by atoms with Gasteiger partial charge in [-0.2, -0.15) is 0 Å². The molecule has 0 heterocycles. The Morgan fingerprint density at radius 2 is 1.17 bits per heavy atom. The minimum Gasteiger partial charge on any atom is -0.303 e. The van der Waals surface area contributed by atoms with Gasteiger partial charge in [0, 0.05) is 11.1 Å². The molecule has 1 unspecified atom stereocenters. The van der Waals surface area contributed by atoms with Crippen molar-refractivity contribution in [2.75, 3.05) is 0 Å². The Morgan fingerprint density at radius 3 is 1.62 bits per heavy atom. The zero-order valence-electron chi connectivity index (χ0n) is 16.2. The van der Waals surface area contributed by atoms with Crippen molar-refractivity contribution in [1.82, 2.24) is 0 Å². The minimum atomic E-state index is -0.700. The van der Waals surface area contributed by atoms with Crippen LogP contribution < -0.4 is 0 Å². The normalized spacial score (nSPS) is 10.8. The highest BCUT2D eigenvalue weighted by Gasteiger charge is 2.25. The smallest absolute Gasteiger partial charge is 0.177 e. The molecule has 0 amide bonds. The van der Waals surface area contributed by atoms with Gasteiger partial charge in [0.15, 0.2) is 11.6 Å². The minimum absolute atomic E-state index is 0.0238. The van der Waals surface area contributed by atoms with Gasteiger partial charge in [0.2, 0.25) is 0 Å². The average Bonchev–Trinajstić information content (AvgIpc) is 2.76. The van der Waals surface area contributed by atoms with Gasteiger partial charge in [0.1, 0.15) is 18.0 Å². The maximum absolute atomic E-state index is 12.4. The van der Waals surface area contributed by atoms with Gasteiger partial charge >= 0.3 is 0 Å². The van der Waals surface area contributed by atoms with Crippen molar-refractivity contribution < 1.29 is 19.2 Å². The topological polar surface area (TPSA) is 68.3 Å². The number of carbonyl (C=O) groups excluding carboxylic acids is 4. The zero-order chi connectivity index (χ0) is 21.1. The van der Waals surface area contributed by atoms with Crippen LogP contribution in [0.5, 0.6) is 0 Å². The molecule has 0 aliphatic carbocycles. The average molecular weight is 386 g/mol. The Hall–Kier alpha value is -3.66. The van der Waals surface area contributed by atoms with Crippen molar-refractivity contribution in [3.05, 3.63) is 108 Å². The Balaban J connectivity index is 0.000000234. The Bertz CT molecular complexity index is 948. The number of Topliss-reactive ketones (excluding diaryl/α,β-unsaturated/α-hetero) is 3. The van der Waals surface area contributed by atoms with Gasteiger partial charge in [-0.15, -0.1) is 0 Å². The van der Waals surface area contributed by atoms with E-state index < -0.39 is 5.92 Å². The molecule has 0 bridgehead atoms. The summed E-state index contributed by atoms with van der Waals surface area (Å²) in [4.78, 5) is 45.1. The van der Waals surface area contributed by atoms with Crippen LogP contribution in [0, 0.1) is 0 Å². The van der Waals surface area contributed by atoms with Crippen LogP contribution in [0.3, 0.4) is 0 Å². The summed E-state index contributed by atoms with van der Waals surface area (Å²) < 4.78 is 0. The quantitative estimate of drug-likeness (QED) is 0.335. The molecule has 0 radical (unpaired) electrons. The molecule has 3 rings (SSSR count). The van der Waals surface area contributed by atoms with E-state index in [0.29, 0.717) is 17.4 Å². The molecule has 3 aromatic rings. The van der Waals surface area contributed by atoms with Gasteiger partial charge in [-0.05, 0) is 12.5 Å². The molecule has 146 valence electrons. The zero-order valence-corrected chi connectivity index (χ0v) is 16.2. The fourth-order valence-corrected chi connectivity index (χ4v) is 2.80. The van der Waals surface area contributed by atoms with Gasteiger partial charge in [0.25, 0.3) is 0 Å². The summed E-state index contributed by atoms with van der Waals surface area (Å²) in [5.74, 6) is -1.10. The van der Waals surface area contributed by atoms with Crippen LogP contribution >= 0.6 is 0 Å². The summed E-state index contributed by atoms with van der Waals surface area (Å²) in [6.45, 7) is 1.46. The van der Waals surface area contributed by atoms with E-state index in [0.717, 1.165) is 5.56 Å². The van der Waals surface area contributed by atoms with Gasteiger partial charge in [-0.3, -0.25) is 14.4 Å². The molecule has 1 atom stereocenters. The monoisotopic (exact) mass is 386 g/mol. The van der Waals surface area contributed by atoms with Crippen LogP contribution in [0.25, 0.3) is 0 Å². The molecule has 4 nitrogen and oxygen atoms in total. The third kappa shape index (κ3) is 6.47. The third-order valence-corrected chi connectivity index (χ3v) is 4.22. The Kier molecular flexibility index (Phi) is 8.39. The van der Waals surface area contributed by atoms with E-state index in [4.69, 9.17) is 0 Å². The van der Waals surface area contributed by atoms with Crippen molar-refractivity contribution in [2.24, 2.45) is 0 Å². The summed E-state index contributed by atoms with van der Waals surface area (Å²) >= 11 is 0. The van der Waals surface area contributed by atoms with Crippen molar-refractivity contribution in [2.45, 2.75) is 19.3 Å². The molecule has 0 aromatic heterocycles. The third-order valence-electron chi connectivity index (χ3n) is 4.22. The molecular formula is C25H22O4. The SMILES string of the molecule is CC(=O)C(C(=O)c1ccccc1)c1ccccc1.O=CCC(=O)c1ccccc1. The standard InChI is InChI=1S/C16H14O2.C9H8O2/c1-12(17)15(13-8-4-2-5-9-13)16(18)14-10-6-3-7-11-14;10-7-6-9(11)8-4-2-1-3-5-8/h2-11,15H,1H3;1-5,7H,6H2. The van der Waals surface area contributed by atoms with Crippen LogP contribution in [-0.4, -0.2) is 23.6 Å². The first-order chi connectivity index (χ1) is 14.0. The predicted molar refractivity (Wildman–Crippen MR) is 112 cm³/mol. The Labute approximate surface area is 170 Å². The van der Waals surface area contributed by atoms with E-state index in [1.807, 2.05) is 42.5 Å². The lowest BCUT2D eigenvalue weighted by Gasteiger charge is -2.13. The highest BCUT2D eigenvalue weighted by molar-refractivity contribution is 6.14. The van der Waals surface area contributed by atoms with Gasteiger partial charge in [-0.25, -0.2) is 0 Å². The fraction of sp³-hybridized carbons (Fsp3) is 0.120. The molecule has 4 heteroatoms. The first-order valence-corrected chi connectivity index (χ1v) is 9.21. The van der Waals surface area contributed by atoms with Crippen molar-refractivity contribution in [1.29, 1.82) is 0 Å². The summed E-state index contributed by atoms with van der Waals surface area (Å²) in [5, 5.41) is 0. The number of hydrogen-bond acceptors (Lipinski definition) is 4. The Morgan fingerprint density at radius 1 is 0.724 bits per heavy atom. The number of rotatable bonds is 7. The molecule has 0 saturated carbocycles. The number of aldehydes is 1. The van der Waals surface area contributed by atoms with Crippen LogP contribution in [0.2, 0.25) is 0 Å². The van der Waals surface area contributed by atoms with Gasteiger partial charge in [-0.1, -0.05) is 91.0 Å². The van der Waals surface area contributed by atoms with Crippen LogP contribution in [0.15, 0.2) is 91.0 Å². The lowest BCUT2D eigenvalue weighted by molar-refractivity contribution is -0.117. The number of benzene rings is 3. The van der Waals surface area contributed by atoms with Crippen molar-refractivity contribution in [3.8, 4) is 0 Å². The summed E-state index contributed by atoms with van der Waals surface area (Å²) in [6, 6.07) is 26.9. The van der Waals surface area contributed by atoms with E-state index >= 15 is 0 Å². The van der Waals surface area contributed by atoms with Crippen molar-refractivity contribution >= 4 is 23.6 Å². The van der Waals surface area contributed by atoms with Gasteiger partial charge < -0.3 is 4.79 Å². The lowest BCUT2D eigenvalue weighted by atomic mass is 9.88.